The lowest BCUT2D eigenvalue weighted by Crippen LogP contribution is -2.47. The standard InChI is InChI=1S/C17H20N4O2/c1-13-19-16(23-21-13)17(9-3-2-4-10-17)20-15(22)8-7-14-6-5-11-18-12-14/h5-8,11-12H,2-4,9-10H2,1H3,(H,20,22)/b8-7+. The van der Waals surface area contributed by atoms with Gasteiger partial charge in [-0.3, -0.25) is 9.78 Å². The fourth-order valence-corrected chi connectivity index (χ4v) is 2.96. The molecule has 1 aliphatic rings. The highest BCUT2D eigenvalue weighted by atomic mass is 16.5. The number of hydrogen-bond acceptors (Lipinski definition) is 5. The number of hydrogen-bond donors (Lipinski definition) is 1. The molecule has 2 aromatic heterocycles. The Labute approximate surface area is 135 Å². The molecule has 0 bridgehead atoms. The molecule has 1 fully saturated rings. The summed E-state index contributed by atoms with van der Waals surface area (Å²) in [6.07, 6.45) is 11.6. The van der Waals surface area contributed by atoms with Crippen LogP contribution in [0.4, 0.5) is 0 Å². The molecule has 0 radical (unpaired) electrons. The van der Waals surface area contributed by atoms with Crippen LogP contribution in [0.2, 0.25) is 0 Å². The lowest BCUT2D eigenvalue weighted by atomic mass is 9.81. The predicted octanol–water partition coefficient (Wildman–Crippen LogP) is 2.76. The van der Waals surface area contributed by atoms with Gasteiger partial charge in [-0.15, -0.1) is 0 Å². The Morgan fingerprint density at radius 2 is 2.17 bits per heavy atom. The average molecular weight is 312 g/mol. The third kappa shape index (κ3) is 3.64. The van der Waals surface area contributed by atoms with E-state index in [-0.39, 0.29) is 5.91 Å². The second kappa shape index (κ2) is 6.73. The van der Waals surface area contributed by atoms with E-state index in [9.17, 15) is 4.79 Å². The van der Waals surface area contributed by atoms with E-state index in [0.29, 0.717) is 11.7 Å². The predicted molar refractivity (Wildman–Crippen MR) is 85.2 cm³/mol. The van der Waals surface area contributed by atoms with Gasteiger partial charge in [-0.2, -0.15) is 4.98 Å². The summed E-state index contributed by atoms with van der Waals surface area (Å²) in [7, 11) is 0. The molecule has 3 rings (SSSR count). The number of carbonyl (C=O) groups excluding carboxylic acids is 1. The van der Waals surface area contributed by atoms with Gasteiger partial charge in [-0.05, 0) is 37.5 Å². The minimum atomic E-state index is -0.546. The van der Waals surface area contributed by atoms with E-state index in [1.807, 2.05) is 12.1 Å². The van der Waals surface area contributed by atoms with Crippen LogP contribution < -0.4 is 5.32 Å². The molecule has 6 heteroatoms. The minimum absolute atomic E-state index is 0.161. The van der Waals surface area contributed by atoms with E-state index in [0.717, 1.165) is 37.7 Å². The molecule has 0 aliphatic heterocycles. The molecule has 0 saturated heterocycles. The fraction of sp³-hybridized carbons (Fsp3) is 0.412. The van der Waals surface area contributed by atoms with E-state index in [2.05, 4.69) is 20.4 Å². The highest BCUT2D eigenvalue weighted by Crippen LogP contribution is 2.36. The van der Waals surface area contributed by atoms with Gasteiger partial charge < -0.3 is 9.84 Å². The molecule has 2 aromatic rings. The zero-order valence-corrected chi connectivity index (χ0v) is 13.2. The van der Waals surface area contributed by atoms with Crippen molar-refractivity contribution in [1.82, 2.24) is 20.4 Å². The quantitative estimate of drug-likeness (QED) is 0.878. The summed E-state index contributed by atoms with van der Waals surface area (Å²) >= 11 is 0. The zero-order valence-electron chi connectivity index (χ0n) is 13.2. The summed E-state index contributed by atoms with van der Waals surface area (Å²) in [5, 5.41) is 6.96. The normalized spacial score (nSPS) is 17.3. The topological polar surface area (TPSA) is 80.9 Å². The van der Waals surface area contributed by atoms with Gasteiger partial charge in [0.05, 0.1) is 0 Å². The van der Waals surface area contributed by atoms with Gasteiger partial charge in [-0.1, -0.05) is 30.5 Å². The lowest BCUT2D eigenvalue weighted by Gasteiger charge is -2.34. The number of carbonyl (C=O) groups is 1. The molecule has 2 heterocycles. The van der Waals surface area contributed by atoms with Crippen molar-refractivity contribution >= 4 is 12.0 Å². The summed E-state index contributed by atoms with van der Waals surface area (Å²) in [5.74, 6) is 0.939. The van der Waals surface area contributed by atoms with E-state index in [1.165, 1.54) is 6.08 Å². The smallest absolute Gasteiger partial charge is 0.252 e. The maximum atomic E-state index is 12.4. The maximum absolute atomic E-state index is 12.4. The number of nitrogens with zero attached hydrogens (tertiary/aromatic N) is 3. The van der Waals surface area contributed by atoms with Crippen LogP contribution in [0.5, 0.6) is 0 Å². The first kappa shape index (κ1) is 15.4. The molecule has 0 spiro atoms. The third-order valence-corrected chi connectivity index (χ3v) is 4.12. The Kier molecular flexibility index (Phi) is 4.50. The van der Waals surface area contributed by atoms with Crippen molar-refractivity contribution in [2.45, 2.75) is 44.6 Å². The van der Waals surface area contributed by atoms with Gasteiger partial charge in [-0.25, -0.2) is 0 Å². The van der Waals surface area contributed by atoms with Gasteiger partial charge >= 0.3 is 0 Å². The van der Waals surface area contributed by atoms with Crippen LogP contribution in [-0.2, 0) is 10.3 Å². The van der Waals surface area contributed by atoms with Crippen LogP contribution in [0, 0.1) is 6.92 Å². The van der Waals surface area contributed by atoms with Crippen LogP contribution in [0.15, 0.2) is 35.1 Å². The first-order valence-electron chi connectivity index (χ1n) is 7.89. The van der Waals surface area contributed by atoms with E-state index < -0.39 is 5.54 Å². The van der Waals surface area contributed by atoms with Gasteiger partial charge in [0.1, 0.15) is 5.54 Å². The number of aromatic nitrogens is 3. The van der Waals surface area contributed by atoms with Crippen LogP contribution in [0.1, 0.15) is 49.4 Å². The maximum Gasteiger partial charge on any atom is 0.252 e. The first-order valence-corrected chi connectivity index (χ1v) is 7.89. The van der Waals surface area contributed by atoms with Gasteiger partial charge in [0.2, 0.25) is 5.91 Å². The van der Waals surface area contributed by atoms with Crippen molar-refractivity contribution in [2.24, 2.45) is 0 Å². The molecule has 6 nitrogen and oxygen atoms in total. The largest absolute Gasteiger partial charge is 0.338 e. The van der Waals surface area contributed by atoms with Crippen molar-refractivity contribution in [3.63, 3.8) is 0 Å². The highest BCUT2D eigenvalue weighted by Gasteiger charge is 2.40. The molecular weight excluding hydrogens is 292 g/mol. The summed E-state index contributed by atoms with van der Waals surface area (Å²) in [6.45, 7) is 1.79. The number of amides is 1. The number of pyridine rings is 1. The molecule has 120 valence electrons. The van der Waals surface area contributed by atoms with Crippen LogP contribution >= 0.6 is 0 Å². The summed E-state index contributed by atoms with van der Waals surface area (Å²) < 4.78 is 5.36. The van der Waals surface area contributed by atoms with Crippen molar-refractivity contribution < 1.29 is 9.32 Å². The molecule has 1 N–H and O–H groups in total. The van der Waals surface area contributed by atoms with E-state index in [1.54, 1.807) is 25.4 Å². The van der Waals surface area contributed by atoms with E-state index >= 15 is 0 Å². The fourth-order valence-electron chi connectivity index (χ4n) is 2.96. The van der Waals surface area contributed by atoms with Crippen molar-refractivity contribution in [1.29, 1.82) is 0 Å². The molecule has 0 atom stereocenters. The van der Waals surface area contributed by atoms with Crippen molar-refractivity contribution in [2.75, 3.05) is 0 Å². The van der Waals surface area contributed by atoms with E-state index in [4.69, 9.17) is 4.52 Å². The van der Waals surface area contributed by atoms with Crippen LogP contribution in [0.3, 0.4) is 0 Å². The second-order valence-corrected chi connectivity index (χ2v) is 5.90. The SMILES string of the molecule is Cc1noc(C2(NC(=O)/C=C/c3cccnc3)CCCCC2)n1. The molecule has 23 heavy (non-hydrogen) atoms. The Morgan fingerprint density at radius 3 is 2.83 bits per heavy atom. The molecule has 0 unspecified atom stereocenters. The summed E-state index contributed by atoms with van der Waals surface area (Å²) in [4.78, 5) is 20.7. The van der Waals surface area contributed by atoms with Crippen molar-refractivity contribution in [3.8, 4) is 0 Å². The number of aryl methyl sites for hydroxylation is 1. The molecule has 1 saturated carbocycles. The van der Waals surface area contributed by atoms with Gasteiger partial charge in [0.15, 0.2) is 5.82 Å². The lowest BCUT2D eigenvalue weighted by molar-refractivity contribution is -0.119. The molecule has 1 amide bonds. The van der Waals surface area contributed by atoms with Crippen LogP contribution in [0.25, 0.3) is 6.08 Å². The summed E-state index contributed by atoms with van der Waals surface area (Å²) in [6, 6.07) is 3.73. The number of nitrogens with one attached hydrogen (secondary N) is 1. The molecule has 1 aliphatic carbocycles. The Balaban J connectivity index is 1.76. The van der Waals surface area contributed by atoms with Gasteiger partial charge in [0.25, 0.3) is 5.89 Å². The Bertz CT molecular complexity index is 688. The third-order valence-electron chi connectivity index (χ3n) is 4.12. The van der Waals surface area contributed by atoms with Crippen molar-refractivity contribution in [3.05, 3.63) is 47.9 Å². The highest BCUT2D eigenvalue weighted by molar-refractivity contribution is 5.92. The first-order chi connectivity index (χ1) is 11.2. The van der Waals surface area contributed by atoms with Gasteiger partial charge in [0, 0.05) is 18.5 Å². The average Bonchev–Trinajstić information content (AvgIpc) is 3.02. The molecular formula is C17H20N4O2. The molecule has 0 aromatic carbocycles. The Morgan fingerprint density at radius 1 is 1.35 bits per heavy atom. The second-order valence-electron chi connectivity index (χ2n) is 5.90. The minimum Gasteiger partial charge on any atom is -0.338 e. The Hall–Kier alpha value is -2.50. The monoisotopic (exact) mass is 312 g/mol. The summed E-state index contributed by atoms with van der Waals surface area (Å²) in [5.41, 5.74) is 0.338. The zero-order chi connectivity index (χ0) is 16.1. The van der Waals surface area contributed by atoms with Crippen LogP contribution in [-0.4, -0.2) is 21.0 Å². The number of rotatable bonds is 4.